The van der Waals surface area contributed by atoms with E-state index in [9.17, 15) is 26.4 Å². The summed E-state index contributed by atoms with van der Waals surface area (Å²) in [4.78, 5) is 11.3. The Morgan fingerprint density at radius 2 is 1.87 bits per heavy atom. The van der Waals surface area contributed by atoms with Crippen molar-refractivity contribution in [2.75, 3.05) is 11.8 Å². The Balaban J connectivity index is 2.15. The number of thiophene rings is 1. The molecule has 6 nitrogen and oxygen atoms in total. The van der Waals surface area contributed by atoms with Gasteiger partial charge in [-0.3, -0.25) is 4.72 Å². The van der Waals surface area contributed by atoms with E-state index in [1.807, 2.05) is 0 Å². The molecule has 0 atom stereocenters. The Hall–Kier alpha value is -3.05. The quantitative estimate of drug-likeness (QED) is 0.547. The minimum absolute atomic E-state index is 0.155. The van der Waals surface area contributed by atoms with Crippen molar-refractivity contribution in [2.45, 2.75) is 11.1 Å². The first-order chi connectivity index (χ1) is 14.0. The number of carboxylic acid groups (broad SMARTS) is 1. The van der Waals surface area contributed by atoms with Crippen LogP contribution < -0.4 is 9.46 Å². The van der Waals surface area contributed by atoms with E-state index >= 15 is 0 Å². The van der Waals surface area contributed by atoms with Gasteiger partial charge in [-0.25, -0.2) is 13.2 Å². The molecule has 0 aliphatic rings. The zero-order chi connectivity index (χ0) is 22.1. The first-order valence-corrected chi connectivity index (χ1v) is 10.6. The zero-order valence-corrected chi connectivity index (χ0v) is 16.9. The molecule has 0 saturated carbocycles. The van der Waals surface area contributed by atoms with E-state index in [-0.39, 0.29) is 22.6 Å². The van der Waals surface area contributed by atoms with Gasteiger partial charge in [0.25, 0.3) is 10.0 Å². The second kappa shape index (κ2) is 8.00. The molecule has 3 rings (SSSR count). The maximum absolute atomic E-state index is 13.2. The highest BCUT2D eigenvalue weighted by atomic mass is 32.2. The number of halogens is 3. The van der Waals surface area contributed by atoms with Crippen LogP contribution in [-0.2, 0) is 16.2 Å². The molecule has 0 fully saturated rings. The lowest BCUT2D eigenvalue weighted by atomic mass is 10.1. The normalized spacial score (nSPS) is 11.9. The average molecular weight is 457 g/mol. The number of carbonyl (C=O) groups is 1. The molecule has 0 unspecified atom stereocenters. The summed E-state index contributed by atoms with van der Waals surface area (Å²) in [7, 11) is -3.30. The zero-order valence-electron chi connectivity index (χ0n) is 15.2. The standard InChI is InChI=1S/C19H14F3NO5S2/c1-28-15-7-4-11(18(24)25)9-17(15)30(26,27)23-14-10-12(19(20,21)22)5-6-13(14)16-3-2-8-29-16/h2-10,23H,1H3,(H,24,25). The van der Waals surface area contributed by atoms with Gasteiger partial charge in [-0.2, -0.15) is 13.2 Å². The second-order valence-electron chi connectivity index (χ2n) is 6.01. The van der Waals surface area contributed by atoms with Crippen LogP contribution in [0.25, 0.3) is 10.4 Å². The number of carboxylic acids is 1. The maximum Gasteiger partial charge on any atom is 0.416 e. The molecule has 1 heterocycles. The number of hydrogen-bond acceptors (Lipinski definition) is 5. The summed E-state index contributed by atoms with van der Waals surface area (Å²) in [6.45, 7) is 0. The summed E-state index contributed by atoms with van der Waals surface area (Å²) >= 11 is 1.22. The van der Waals surface area contributed by atoms with Crippen molar-refractivity contribution in [3.63, 3.8) is 0 Å². The molecule has 0 bridgehead atoms. The summed E-state index contributed by atoms with van der Waals surface area (Å²) in [6.07, 6.45) is -4.69. The summed E-state index contributed by atoms with van der Waals surface area (Å²) < 4.78 is 72.7. The third-order valence-corrected chi connectivity index (χ3v) is 6.37. The van der Waals surface area contributed by atoms with Gasteiger partial charge >= 0.3 is 12.1 Å². The predicted octanol–water partition coefficient (Wildman–Crippen LogP) is 4.94. The van der Waals surface area contributed by atoms with E-state index in [0.717, 1.165) is 24.3 Å². The van der Waals surface area contributed by atoms with Crippen molar-refractivity contribution in [1.82, 2.24) is 0 Å². The van der Waals surface area contributed by atoms with E-state index in [1.165, 1.54) is 24.5 Å². The molecular formula is C19H14F3NO5S2. The van der Waals surface area contributed by atoms with Crippen molar-refractivity contribution in [2.24, 2.45) is 0 Å². The summed E-state index contributed by atoms with van der Waals surface area (Å²) in [6, 6.07) is 9.23. The van der Waals surface area contributed by atoms with E-state index < -0.39 is 32.6 Å². The smallest absolute Gasteiger partial charge is 0.416 e. The summed E-state index contributed by atoms with van der Waals surface area (Å²) in [5, 5.41) is 10.8. The van der Waals surface area contributed by atoms with Crippen LogP contribution in [0.1, 0.15) is 15.9 Å². The second-order valence-corrected chi connectivity index (χ2v) is 8.61. The fourth-order valence-corrected chi connectivity index (χ4v) is 4.70. The number of benzene rings is 2. The molecule has 11 heteroatoms. The van der Waals surface area contributed by atoms with Crippen molar-refractivity contribution >= 4 is 33.0 Å². The Morgan fingerprint density at radius 1 is 1.13 bits per heavy atom. The largest absolute Gasteiger partial charge is 0.495 e. The van der Waals surface area contributed by atoms with E-state index in [4.69, 9.17) is 9.84 Å². The molecule has 158 valence electrons. The van der Waals surface area contributed by atoms with Crippen molar-refractivity contribution in [3.05, 3.63) is 65.0 Å². The van der Waals surface area contributed by atoms with Crippen LogP contribution in [0.2, 0.25) is 0 Å². The van der Waals surface area contributed by atoms with E-state index in [1.54, 1.807) is 17.5 Å². The molecular weight excluding hydrogens is 443 g/mol. The number of anilines is 1. The molecule has 3 aromatic rings. The molecule has 30 heavy (non-hydrogen) atoms. The fraction of sp³-hybridized carbons (Fsp3) is 0.105. The van der Waals surface area contributed by atoms with Crippen molar-refractivity contribution in [3.8, 4) is 16.2 Å². The lowest BCUT2D eigenvalue weighted by molar-refractivity contribution is -0.137. The number of rotatable bonds is 6. The lowest BCUT2D eigenvalue weighted by Crippen LogP contribution is -2.16. The van der Waals surface area contributed by atoms with Gasteiger partial charge < -0.3 is 9.84 Å². The number of nitrogens with one attached hydrogen (secondary N) is 1. The molecule has 0 radical (unpaired) electrons. The monoisotopic (exact) mass is 457 g/mol. The van der Waals surface area contributed by atoms with Crippen LogP contribution in [0.5, 0.6) is 5.75 Å². The minimum atomic E-state index is -4.69. The molecule has 0 aliphatic heterocycles. The predicted molar refractivity (Wildman–Crippen MR) is 106 cm³/mol. The third-order valence-electron chi connectivity index (χ3n) is 4.08. The minimum Gasteiger partial charge on any atom is -0.495 e. The fourth-order valence-electron chi connectivity index (χ4n) is 2.67. The van der Waals surface area contributed by atoms with Gasteiger partial charge in [0.15, 0.2) is 0 Å². The number of aromatic carboxylic acids is 1. The molecule has 2 N–H and O–H groups in total. The topological polar surface area (TPSA) is 92.7 Å². The molecule has 0 saturated heterocycles. The van der Waals surface area contributed by atoms with E-state index in [0.29, 0.717) is 10.9 Å². The average Bonchev–Trinajstić information content (AvgIpc) is 3.20. The number of methoxy groups -OCH3 is 1. The summed E-state index contributed by atoms with van der Waals surface area (Å²) in [5.74, 6) is -1.52. The van der Waals surface area contributed by atoms with Crippen LogP contribution in [0.3, 0.4) is 0 Å². The highest BCUT2D eigenvalue weighted by Crippen LogP contribution is 2.39. The van der Waals surface area contributed by atoms with Crippen molar-refractivity contribution in [1.29, 1.82) is 0 Å². The van der Waals surface area contributed by atoms with Crippen LogP contribution in [0.15, 0.2) is 58.8 Å². The lowest BCUT2D eigenvalue weighted by Gasteiger charge is -2.16. The van der Waals surface area contributed by atoms with Crippen molar-refractivity contribution < 1.29 is 36.2 Å². The van der Waals surface area contributed by atoms with E-state index in [2.05, 4.69) is 4.72 Å². The maximum atomic E-state index is 13.2. The first-order valence-electron chi connectivity index (χ1n) is 8.22. The highest BCUT2D eigenvalue weighted by Gasteiger charge is 2.32. The van der Waals surface area contributed by atoms with Gasteiger partial charge in [0, 0.05) is 10.4 Å². The Kier molecular flexibility index (Phi) is 5.77. The SMILES string of the molecule is COc1ccc(C(=O)O)cc1S(=O)(=O)Nc1cc(C(F)(F)F)ccc1-c1cccs1. The Bertz CT molecular complexity index is 1190. The molecule has 0 aliphatic carbocycles. The molecule has 0 amide bonds. The van der Waals surface area contributed by atoms with Gasteiger partial charge in [-0.1, -0.05) is 12.1 Å². The highest BCUT2D eigenvalue weighted by molar-refractivity contribution is 7.92. The van der Waals surface area contributed by atoms with Gasteiger partial charge in [-0.15, -0.1) is 11.3 Å². The van der Waals surface area contributed by atoms with Gasteiger partial charge in [0.05, 0.1) is 23.9 Å². The summed E-state index contributed by atoms with van der Waals surface area (Å²) in [5.41, 5.74) is -1.41. The van der Waals surface area contributed by atoms with Gasteiger partial charge in [0.2, 0.25) is 0 Å². The molecule has 0 spiro atoms. The van der Waals surface area contributed by atoms with Crippen LogP contribution in [0.4, 0.5) is 18.9 Å². The van der Waals surface area contributed by atoms with Crippen LogP contribution >= 0.6 is 11.3 Å². The van der Waals surface area contributed by atoms with Crippen LogP contribution in [0, 0.1) is 0 Å². The Morgan fingerprint density at radius 3 is 2.43 bits per heavy atom. The van der Waals surface area contributed by atoms with Gasteiger partial charge in [-0.05, 0) is 41.8 Å². The first kappa shape index (κ1) is 21.7. The Labute approximate surface area is 173 Å². The molecule has 2 aromatic carbocycles. The van der Waals surface area contributed by atoms with Gasteiger partial charge in [0.1, 0.15) is 10.6 Å². The number of alkyl halides is 3. The molecule has 1 aromatic heterocycles. The number of hydrogen-bond donors (Lipinski definition) is 2. The number of sulfonamides is 1. The third kappa shape index (κ3) is 4.41. The number of ether oxygens (including phenoxy) is 1. The van der Waals surface area contributed by atoms with Crippen LogP contribution in [-0.4, -0.2) is 26.6 Å².